The Morgan fingerprint density at radius 1 is 1.40 bits per heavy atom. The highest BCUT2D eigenvalue weighted by Crippen LogP contribution is 2.27. The summed E-state index contributed by atoms with van der Waals surface area (Å²) in [5.41, 5.74) is 1.69. The number of hydrogen-bond acceptors (Lipinski definition) is 4. The molecule has 1 N–H and O–H groups in total. The molecule has 0 unspecified atom stereocenters. The molecule has 5 nitrogen and oxygen atoms in total. The number of fused-ring (bicyclic) bond motifs is 1. The third-order valence-corrected chi connectivity index (χ3v) is 4.90. The second-order valence-electron chi connectivity index (χ2n) is 5.58. The van der Waals surface area contributed by atoms with Crippen LogP contribution in [0.15, 0.2) is 23.1 Å². The molecule has 1 fully saturated rings. The SMILES string of the molecule is Cn1c(CNCC2CC2)nc2cc(S(C)(=O)=O)ccc21. The van der Waals surface area contributed by atoms with Gasteiger partial charge in [-0.3, -0.25) is 0 Å². The standard InChI is InChI=1S/C14H19N3O2S/c1-17-13-6-5-11(20(2,18)19)7-12(13)16-14(17)9-15-8-10-3-4-10/h5-7,10,15H,3-4,8-9H2,1-2H3. The Labute approximate surface area is 118 Å². The minimum Gasteiger partial charge on any atom is -0.330 e. The highest BCUT2D eigenvalue weighted by atomic mass is 32.2. The van der Waals surface area contributed by atoms with Crippen LogP contribution in [-0.2, 0) is 23.4 Å². The summed E-state index contributed by atoms with van der Waals surface area (Å²) < 4.78 is 25.2. The van der Waals surface area contributed by atoms with Crippen molar-refractivity contribution in [2.24, 2.45) is 13.0 Å². The first-order valence-electron chi connectivity index (χ1n) is 6.81. The van der Waals surface area contributed by atoms with Gasteiger partial charge < -0.3 is 9.88 Å². The first kappa shape index (κ1) is 13.6. The Hall–Kier alpha value is -1.40. The molecule has 1 heterocycles. The van der Waals surface area contributed by atoms with Crippen LogP contribution in [0.1, 0.15) is 18.7 Å². The van der Waals surface area contributed by atoms with Crippen LogP contribution in [0.2, 0.25) is 0 Å². The zero-order chi connectivity index (χ0) is 14.3. The summed E-state index contributed by atoms with van der Waals surface area (Å²) in [6, 6.07) is 5.11. The van der Waals surface area contributed by atoms with E-state index in [1.165, 1.54) is 19.1 Å². The number of sulfone groups is 1. The molecule has 0 spiro atoms. The first-order chi connectivity index (χ1) is 9.45. The van der Waals surface area contributed by atoms with Crippen LogP contribution in [0.25, 0.3) is 11.0 Å². The van der Waals surface area contributed by atoms with Gasteiger partial charge in [-0.05, 0) is 43.5 Å². The van der Waals surface area contributed by atoms with Crippen molar-refractivity contribution in [2.45, 2.75) is 24.3 Å². The van der Waals surface area contributed by atoms with E-state index in [4.69, 9.17) is 0 Å². The number of hydrogen-bond donors (Lipinski definition) is 1. The molecule has 1 saturated carbocycles. The zero-order valence-corrected chi connectivity index (χ0v) is 12.6. The van der Waals surface area contributed by atoms with Gasteiger partial charge in [-0.25, -0.2) is 13.4 Å². The Morgan fingerprint density at radius 3 is 2.80 bits per heavy atom. The van der Waals surface area contributed by atoms with Gasteiger partial charge in [0.15, 0.2) is 9.84 Å². The lowest BCUT2D eigenvalue weighted by atomic mass is 10.3. The largest absolute Gasteiger partial charge is 0.330 e. The number of imidazole rings is 1. The minimum atomic E-state index is -3.18. The van der Waals surface area contributed by atoms with Gasteiger partial charge in [0.25, 0.3) is 0 Å². The lowest BCUT2D eigenvalue weighted by Crippen LogP contribution is -2.18. The van der Waals surface area contributed by atoms with Crippen LogP contribution in [0.5, 0.6) is 0 Å². The van der Waals surface area contributed by atoms with Gasteiger partial charge in [-0.1, -0.05) is 0 Å². The molecule has 0 atom stereocenters. The molecule has 0 bridgehead atoms. The number of nitrogens with one attached hydrogen (secondary N) is 1. The van der Waals surface area contributed by atoms with E-state index in [1.54, 1.807) is 12.1 Å². The maximum absolute atomic E-state index is 11.6. The molecule has 1 aromatic carbocycles. The molecule has 0 saturated heterocycles. The third-order valence-electron chi connectivity index (χ3n) is 3.79. The van der Waals surface area contributed by atoms with Gasteiger partial charge in [-0.15, -0.1) is 0 Å². The van der Waals surface area contributed by atoms with Crippen molar-refractivity contribution in [3.8, 4) is 0 Å². The highest BCUT2D eigenvalue weighted by molar-refractivity contribution is 7.90. The van der Waals surface area contributed by atoms with Crippen LogP contribution < -0.4 is 5.32 Å². The number of aromatic nitrogens is 2. The van der Waals surface area contributed by atoms with Gasteiger partial charge in [0.05, 0.1) is 22.5 Å². The van der Waals surface area contributed by atoms with Crippen LogP contribution in [-0.4, -0.2) is 30.8 Å². The molecule has 3 rings (SSSR count). The van der Waals surface area contributed by atoms with Crippen LogP contribution in [0.4, 0.5) is 0 Å². The molecule has 108 valence electrons. The number of nitrogens with zero attached hydrogens (tertiary/aromatic N) is 2. The van der Waals surface area contributed by atoms with E-state index in [-0.39, 0.29) is 0 Å². The number of benzene rings is 1. The fraction of sp³-hybridized carbons (Fsp3) is 0.500. The molecule has 1 aliphatic rings. The monoisotopic (exact) mass is 293 g/mol. The maximum atomic E-state index is 11.6. The fourth-order valence-corrected chi connectivity index (χ4v) is 2.97. The van der Waals surface area contributed by atoms with Crippen molar-refractivity contribution in [3.63, 3.8) is 0 Å². The number of aryl methyl sites for hydroxylation is 1. The predicted molar refractivity (Wildman–Crippen MR) is 78.3 cm³/mol. The topological polar surface area (TPSA) is 64.0 Å². The number of rotatable bonds is 5. The lowest BCUT2D eigenvalue weighted by molar-refractivity contribution is 0.602. The van der Waals surface area contributed by atoms with E-state index in [0.29, 0.717) is 4.90 Å². The van der Waals surface area contributed by atoms with Crippen LogP contribution >= 0.6 is 0 Å². The van der Waals surface area contributed by atoms with Gasteiger partial charge in [0.1, 0.15) is 5.82 Å². The van der Waals surface area contributed by atoms with Crippen LogP contribution in [0, 0.1) is 5.92 Å². The van der Waals surface area contributed by atoms with Crippen molar-refractivity contribution in [1.29, 1.82) is 0 Å². The molecule has 0 radical (unpaired) electrons. The average molecular weight is 293 g/mol. The average Bonchev–Trinajstić information content (AvgIpc) is 3.14. The fourth-order valence-electron chi connectivity index (χ4n) is 2.33. The smallest absolute Gasteiger partial charge is 0.175 e. The Morgan fingerprint density at radius 2 is 2.15 bits per heavy atom. The molecule has 0 amide bonds. The summed E-state index contributed by atoms with van der Waals surface area (Å²) in [5, 5.41) is 3.41. The maximum Gasteiger partial charge on any atom is 0.175 e. The van der Waals surface area contributed by atoms with Crippen LogP contribution in [0.3, 0.4) is 0 Å². The van der Waals surface area contributed by atoms with Gasteiger partial charge >= 0.3 is 0 Å². The second-order valence-corrected chi connectivity index (χ2v) is 7.60. The van der Waals surface area contributed by atoms with E-state index < -0.39 is 9.84 Å². The predicted octanol–water partition coefficient (Wildman–Crippen LogP) is 1.48. The third kappa shape index (κ3) is 2.71. The second kappa shape index (κ2) is 4.86. The summed E-state index contributed by atoms with van der Waals surface area (Å²) in [6.07, 6.45) is 3.87. The molecule has 1 aliphatic carbocycles. The van der Waals surface area contributed by atoms with Gasteiger partial charge in [-0.2, -0.15) is 0 Å². The zero-order valence-electron chi connectivity index (χ0n) is 11.8. The van der Waals surface area contributed by atoms with Gasteiger partial charge in [0.2, 0.25) is 0 Å². The Kier molecular flexibility index (Phi) is 3.30. The quantitative estimate of drug-likeness (QED) is 0.907. The first-order valence-corrected chi connectivity index (χ1v) is 8.70. The Balaban J connectivity index is 1.87. The summed E-state index contributed by atoms with van der Waals surface area (Å²) in [4.78, 5) is 4.86. The lowest BCUT2D eigenvalue weighted by Gasteiger charge is -2.04. The van der Waals surface area contributed by atoms with E-state index in [2.05, 4.69) is 10.3 Å². The van der Waals surface area contributed by atoms with E-state index in [9.17, 15) is 8.42 Å². The van der Waals surface area contributed by atoms with Gasteiger partial charge in [0, 0.05) is 13.3 Å². The molecular formula is C14H19N3O2S. The molecule has 1 aromatic heterocycles. The highest BCUT2D eigenvalue weighted by Gasteiger charge is 2.20. The van der Waals surface area contributed by atoms with Crippen molar-refractivity contribution in [1.82, 2.24) is 14.9 Å². The normalized spacial score (nSPS) is 15.9. The molecular weight excluding hydrogens is 274 g/mol. The summed E-state index contributed by atoms with van der Waals surface area (Å²) in [5.74, 6) is 1.77. The Bertz CT molecular complexity index is 745. The van der Waals surface area contributed by atoms with E-state index in [0.717, 1.165) is 35.9 Å². The minimum absolute atomic E-state index is 0.320. The molecule has 2 aromatic rings. The molecule has 20 heavy (non-hydrogen) atoms. The van der Waals surface area contributed by atoms with E-state index >= 15 is 0 Å². The van der Waals surface area contributed by atoms with Crippen molar-refractivity contribution in [2.75, 3.05) is 12.8 Å². The summed E-state index contributed by atoms with van der Waals surface area (Å²) in [7, 11) is -1.22. The van der Waals surface area contributed by atoms with Crippen molar-refractivity contribution in [3.05, 3.63) is 24.0 Å². The molecule has 6 heteroatoms. The summed E-state index contributed by atoms with van der Waals surface area (Å²) >= 11 is 0. The molecule has 0 aliphatic heterocycles. The van der Waals surface area contributed by atoms with Crippen molar-refractivity contribution >= 4 is 20.9 Å². The van der Waals surface area contributed by atoms with Crippen molar-refractivity contribution < 1.29 is 8.42 Å². The summed E-state index contributed by atoms with van der Waals surface area (Å²) in [6.45, 7) is 1.76. The van der Waals surface area contributed by atoms with E-state index in [1.807, 2.05) is 17.7 Å².